The molecule has 0 radical (unpaired) electrons. The number of rotatable bonds is 9. The third-order valence-electron chi connectivity index (χ3n) is 12.7. The number of nitrogens with zero attached hydrogens (tertiary/aromatic N) is 4. The Morgan fingerprint density at radius 2 is 1.81 bits per heavy atom. The number of sulfonamides is 1. The molecule has 3 N–H and O–H groups in total. The van der Waals surface area contributed by atoms with Crippen molar-refractivity contribution in [3.63, 3.8) is 0 Å². The topological polar surface area (TPSA) is 212 Å². The van der Waals surface area contributed by atoms with Gasteiger partial charge in [0.25, 0.3) is 11.8 Å². The van der Waals surface area contributed by atoms with Crippen molar-refractivity contribution in [3.05, 3.63) is 47.0 Å². The van der Waals surface area contributed by atoms with E-state index in [2.05, 4.69) is 29.2 Å². The molecule has 5 aliphatic rings. The zero-order valence-corrected chi connectivity index (χ0v) is 36.8. The van der Waals surface area contributed by atoms with Gasteiger partial charge in [-0.1, -0.05) is 44.9 Å². The summed E-state index contributed by atoms with van der Waals surface area (Å²) in [6.07, 6.45) is 9.84. The average molecular weight is 888 g/mol. The van der Waals surface area contributed by atoms with Crippen molar-refractivity contribution in [1.82, 2.24) is 35.2 Å². The van der Waals surface area contributed by atoms with Gasteiger partial charge >= 0.3 is 6.09 Å². The number of aromatic nitrogens is 3. The lowest BCUT2D eigenvalue weighted by Gasteiger charge is -2.30. The maximum Gasteiger partial charge on any atom is 0.408 e. The number of fused-ring (bicyclic) bond motifs is 5. The molecule has 2 aliphatic heterocycles. The fraction of sp³-hybridized carbons (Fsp3) is 0.568. The molecular formula is C44H53N7O9S2. The molecule has 4 aromatic rings. The Morgan fingerprint density at radius 1 is 1.02 bits per heavy atom. The van der Waals surface area contributed by atoms with Gasteiger partial charge in [-0.15, -0.1) is 11.3 Å². The van der Waals surface area contributed by atoms with Crippen molar-refractivity contribution in [2.24, 2.45) is 5.92 Å². The molecule has 3 aliphatic carbocycles. The van der Waals surface area contributed by atoms with Gasteiger partial charge in [0.2, 0.25) is 27.4 Å². The molecule has 16 nitrogen and oxygen atoms in total. The summed E-state index contributed by atoms with van der Waals surface area (Å²) < 4.78 is 47.0. The van der Waals surface area contributed by atoms with Gasteiger partial charge in [-0.25, -0.2) is 23.2 Å². The van der Waals surface area contributed by atoms with Crippen LogP contribution in [0.3, 0.4) is 0 Å². The monoisotopic (exact) mass is 887 g/mol. The van der Waals surface area contributed by atoms with E-state index >= 15 is 0 Å². The number of alkyl carbamates (subject to hydrolysis) is 1. The highest BCUT2D eigenvalue weighted by atomic mass is 32.2. The van der Waals surface area contributed by atoms with Crippen molar-refractivity contribution in [3.8, 4) is 16.7 Å². The van der Waals surface area contributed by atoms with E-state index in [1.807, 2.05) is 42.7 Å². The molecular weight excluding hydrogens is 835 g/mol. The van der Waals surface area contributed by atoms with Crippen molar-refractivity contribution >= 4 is 67.2 Å². The van der Waals surface area contributed by atoms with Crippen LogP contribution in [0.1, 0.15) is 114 Å². The number of allylic oxidation sites excluding steroid dienone is 1. The second-order valence-electron chi connectivity index (χ2n) is 17.9. The summed E-state index contributed by atoms with van der Waals surface area (Å²) in [6.45, 7) is 6.00. The minimum atomic E-state index is -3.92. The summed E-state index contributed by atoms with van der Waals surface area (Å²) in [7, 11) is -3.92. The number of carbonyl (C=O) groups excluding carboxylic acids is 4. The van der Waals surface area contributed by atoms with Crippen LogP contribution >= 0.6 is 11.3 Å². The van der Waals surface area contributed by atoms with Crippen molar-refractivity contribution in [1.29, 1.82) is 0 Å². The predicted octanol–water partition coefficient (Wildman–Crippen LogP) is 6.32. The lowest BCUT2D eigenvalue weighted by Crippen LogP contribution is -2.58. The van der Waals surface area contributed by atoms with Crippen LogP contribution in [0.15, 0.2) is 40.1 Å². The van der Waals surface area contributed by atoms with E-state index in [1.54, 1.807) is 0 Å². The molecule has 9 rings (SSSR count). The van der Waals surface area contributed by atoms with E-state index < -0.39 is 68.7 Å². The van der Waals surface area contributed by atoms with E-state index in [1.165, 1.54) is 16.2 Å². The van der Waals surface area contributed by atoms with E-state index in [0.717, 1.165) is 55.2 Å². The van der Waals surface area contributed by atoms with Gasteiger partial charge in [-0.05, 0) is 94.7 Å². The molecule has 1 saturated heterocycles. The maximum atomic E-state index is 14.8. The second kappa shape index (κ2) is 16.9. The lowest BCUT2D eigenvalue weighted by atomic mass is 10.0. The van der Waals surface area contributed by atoms with E-state index in [-0.39, 0.29) is 37.3 Å². The molecule has 0 spiro atoms. The Labute approximate surface area is 364 Å². The summed E-state index contributed by atoms with van der Waals surface area (Å²) in [5, 5.41) is 8.43. The summed E-state index contributed by atoms with van der Waals surface area (Å²) in [5.41, 5.74) is 1.76. The zero-order chi connectivity index (χ0) is 43.3. The number of nitrogens with one attached hydrogen (secondary N) is 3. The Balaban J connectivity index is 1.06. The maximum absolute atomic E-state index is 14.8. The van der Waals surface area contributed by atoms with Crippen molar-refractivity contribution < 1.29 is 41.5 Å². The first-order valence-electron chi connectivity index (χ1n) is 21.9. The number of hydrogen-bond acceptors (Lipinski definition) is 13. The van der Waals surface area contributed by atoms with Crippen LogP contribution in [0.2, 0.25) is 0 Å². The van der Waals surface area contributed by atoms with E-state index in [9.17, 15) is 27.6 Å². The Bertz CT molecular complexity index is 2540. The van der Waals surface area contributed by atoms with Gasteiger partial charge in [-0.3, -0.25) is 19.1 Å². The van der Waals surface area contributed by atoms with E-state index in [4.69, 9.17) is 28.8 Å². The number of amides is 4. The molecule has 4 fully saturated rings. The standard InChI is InChI=1S/C44H53N7O9S2/c1-24(2)32-23-61-40(45-32)37-47-35-30-18-15-25(3)19-34(30)60-36(35)39(48-37)58-28-20-33-38(52)49-44(42(54)50-62(56,57)29-16-17-29)21-26(44)11-7-5-4-6-8-14-31(41(53)51(33)22-28)46-43(55)59-27-12-9-10-13-27/h7,11,15,18-19,23-24,26-29,31,33H,4-6,8-10,12-14,16-17,20-22H2,1-3H3,(H,46,55)(H,49,52)(H,50,54)/b11-7-/t26-,28-,31+,33+,44-/m1/s1. The molecule has 5 atom stereocenters. The van der Waals surface area contributed by atoms with Gasteiger partial charge in [-0.2, -0.15) is 4.98 Å². The molecule has 5 heterocycles. The molecule has 1 aromatic carbocycles. The number of benzene rings is 1. The van der Waals surface area contributed by atoms with Gasteiger partial charge in [0, 0.05) is 23.1 Å². The van der Waals surface area contributed by atoms with Crippen LogP contribution in [0, 0.1) is 12.8 Å². The highest BCUT2D eigenvalue weighted by Crippen LogP contribution is 2.46. The van der Waals surface area contributed by atoms with Crippen molar-refractivity contribution in [2.45, 2.75) is 145 Å². The number of carbonyl (C=O) groups is 4. The van der Waals surface area contributed by atoms with Gasteiger partial charge in [0.05, 0.1) is 17.5 Å². The van der Waals surface area contributed by atoms with Gasteiger partial charge in [0.1, 0.15) is 40.9 Å². The number of furan rings is 1. The van der Waals surface area contributed by atoms with Gasteiger partial charge < -0.3 is 29.4 Å². The molecule has 0 unspecified atom stereocenters. The normalized spacial score (nSPS) is 26.7. The Hall–Kier alpha value is -5.10. The number of ether oxygens (including phenoxy) is 2. The minimum absolute atomic E-state index is 0.00962. The predicted molar refractivity (Wildman–Crippen MR) is 231 cm³/mol. The highest BCUT2D eigenvalue weighted by Gasteiger charge is 2.62. The smallest absolute Gasteiger partial charge is 0.408 e. The van der Waals surface area contributed by atoms with Crippen LogP contribution < -0.4 is 20.1 Å². The highest BCUT2D eigenvalue weighted by molar-refractivity contribution is 7.91. The first kappa shape index (κ1) is 42.2. The van der Waals surface area contributed by atoms with Crippen LogP contribution in [0.4, 0.5) is 4.79 Å². The Kier molecular flexibility index (Phi) is 11.5. The fourth-order valence-electron chi connectivity index (χ4n) is 8.89. The first-order valence-corrected chi connectivity index (χ1v) is 24.4. The minimum Gasteiger partial charge on any atom is -0.470 e. The molecule has 3 aromatic heterocycles. The lowest BCUT2D eigenvalue weighted by molar-refractivity contribution is -0.141. The average Bonchev–Trinajstić information content (AvgIpc) is 3.87. The summed E-state index contributed by atoms with van der Waals surface area (Å²) in [6, 6.07) is 3.63. The van der Waals surface area contributed by atoms with Crippen molar-refractivity contribution in [2.75, 3.05) is 6.54 Å². The number of thiazole rings is 1. The molecule has 62 heavy (non-hydrogen) atoms. The summed E-state index contributed by atoms with van der Waals surface area (Å²) in [5.74, 6) is -1.75. The number of aryl methyl sites for hydroxylation is 1. The second-order valence-corrected chi connectivity index (χ2v) is 20.7. The summed E-state index contributed by atoms with van der Waals surface area (Å²) in [4.78, 5) is 72.6. The SMILES string of the molecule is Cc1ccc2c(c1)oc1c(O[C@@H]3C[C@H]4C(=O)N[C@]5(C(=O)NS(=O)(=O)C6CC6)C[C@H]5/C=C\CCCCC[C@H](NC(=O)OC5CCCC5)C(=O)N4C3)nc(-c3nc(C(C)C)cs3)nc12. The zero-order valence-electron chi connectivity index (χ0n) is 35.2. The van der Waals surface area contributed by atoms with E-state index in [0.29, 0.717) is 59.6 Å². The fourth-order valence-corrected chi connectivity index (χ4v) is 11.2. The Morgan fingerprint density at radius 3 is 2.56 bits per heavy atom. The van der Waals surface area contributed by atoms with Gasteiger partial charge in [0.15, 0.2) is 10.8 Å². The van der Waals surface area contributed by atoms with Crippen LogP contribution in [0.25, 0.3) is 32.9 Å². The molecule has 3 saturated carbocycles. The summed E-state index contributed by atoms with van der Waals surface area (Å²) >= 11 is 1.42. The number of hydrogen-bond donors (Lipinski definition) is 3. The molecule has 330 valence electrons. The quantitative estimate of drug-likeness (QED) is 0.158. The third-order valence-corrected chi connectivity index (χ3v) is 15.4. The van der Waals surface area contributed by atoms with Crippen LogP contribution in [-0.4, -0.2) is 93.7 Å². The third kappa shape index (κ3) is 8.64. The largest absolute Gasteiger partial charge is 0.470 e. The first-order chi connectivity index (χ1) is 29.8. The van der Waals surface area contributed by atoms with Crippen LogP contribution in [-0.2, 0) is 29.1 Å². The molecule has 4 amide bonds. The van der Waals surface area contributed by atoms with Crippen LogP contribution in [0.5, 0.6) is 5.88 Å². The molecule has 0 bridgehead atoms. The molecule has 18 heteroatoms.